The second-order valence-electron chi connectivity index (χ2n) is 4.75. The number of rotatable bonds is 2. The van der Waals surface area contributed by atoms with Gasteiger partial charge >= 0.3 is 0 Å². The van der Waals surface area contributed by atoms with Gasteiger partial charge in [-0.2, -0.15) is 0 Å². The molecule has 1 aromatic rings. The zero-order chi connectivity index (χ0) is 12.4. The predicted octanol–water partition coefficient (Wildman–Crippen LogP) is 3.87. The fraction of sp³-hybridized carbons (Fsp3) is 0.538. The van der Waals surface area contributed by atoms with Gasteiger partial charge in [0.15, 0.2) is 0 Å². The Morgan fingerprint density at radius 1 is 1.29 bits per heavy atom. The number of phenolic OH excluding ortho intramolecular Hbond substituents is 1. The summed E-state index contributed by atoms with van der Waals surface area (Å²) in [6.45, 7) is 0. The average molecular weight is 302 g/mol. The lowest BCUT2D eigenvalue weighted by Gasteiger charge is -2.28. The van der Waals surface area contributed by atoms with Crippen molar-refractivity contribution in [2.45, 2.75) is 38.1 Å². The first-order valence-corrected chi connectivity index (χ1v) is 6.82. The van der Waals surface area contributed by atoms with Crippen molar-refractivity contribution in [2.75, 3.05) is 0 Å². The van der Waals surface area contributed by atoms with Gasteiger partial charge in [-0.1, -0.05) is 19.3 Å². The molecule has 3 N–H and O–H groups in total. The van der Waals surface area contributed by atoms with Crippen LogP contribution in [0.5, 0.6) is 5.75 Å². The molecule has 0 bridgehead atoms. The lowest BCUT2D eigenvalue weighted by molar-refractivity contribution is 0.302. The van der Waals surface area contributed by atoms with E-state index in [4.69, 9.17) is 5.73 Å². The fourth-order valence-corrected chi connectivity index (χ4v) is 3.03. The number of phenols is 1. The van der Waals surface area contributed by atoms with Crippen LogP contribution in [0.1, 0.15) is 43.7 Å². The van der Waals surface area contributed by atoms with Crippen molar-refractivity contribution in [3.63, 3.8) is 0 Å². The number of aromatic hydroxyl groups is 1. The van der Waals surface area contributed by atoms with Crippen molar-refractivity contribution in [2.24, 2.45) is 11.7 Å². The number of nitrogens with two attached hydrogens (primary N) is 1. The van der Waals surface area contributed by atoms with E-state index in [0.29, 0.717) is 16.0 Å². The van der Waals surface area contributed by atoms with Crippen molar-refractivity contribution in [3.8, 4) is 5.75 Å². The minimum Gasteiger partial charge on any atom is -0.506 e. The molecule has 0 unspecified atom stereocenters. The Bertz CT molecular complexity index is 405. The van der Waals surface area contributed by atoms with E-state index < -0.39 is 0 Å². The van der Waals surface area contributed by atoms with Crippen LogP contribution in [-0.2, 0) is 0 Å². The molecule has 1 fully saturated rings. The first-order valence-electron chi connectivity index (χ1n) is 6.03. The van der Waals surface area contributed by atoms with E-state index in [1.807, 2.05) is 0 Å². The van der Waals surface area contributed by atoms with Gasteiger partial charge in [-0.05, 0) is 46.8 Å². The Labute approximate surface area is 109 Å². The van der Waals surface area contributed by atoms with Crippen molar-refractivity contribution < 1.29 is 9.50 Å². The first-order chi connectivity index (χ1) is 8.09. The van der Waals surface area contributed by atoms with Crippen LogP contribution in [0.25, 0.3) is 0 Å². The Kier molecular flexibility index (Phi) is 4.05. The highest BCUT2D eigenvalue weighted by atomic mass is 79.9. The highest BCUT2D eigenvalue weighted by Crippen LogP contribution is 2.39. The molecular formula is C13H17BrFNO. The molecular weight excluding hydrogens is 285 g/mol. The van der Waals surface area contributed by atoms with Crippen LogP contribution >= 0.6 is 15.9 Å². The quantitative estimate of drug-likeness (QED) is 0.871. The SMILES string of the molecule is N[C@H](c1cc(F)cc(Br)c1O)C1CCCCC1. The molecule has 94 valence electrons. The Morgan fingerprint density at radius 2 is 1.94 bits per heavy atom. The summed E-state index contributed by atoms with van der Waals surface area (Å²) < 4.78 is 13.7. The average Bonchev–Trinajstić information content (AvgIpc) is 2.34. The van der Waals surface area contributed by atoms with Crippen molar-refractivity contribution in [1.29, 1.82) is 0 Å². The molecule has 0 spiro atoms. The van der Waals surface area contributed by atoms with Crippen molar-refractivity contribution in [3.05, 3.63) is 28.0 Å². The van der Waals surface area contributed by atoms with E-state index in [2.05, 4.69) is 15.9 Å². The zero-order valence-electron chi connectivity index (χ0n) is 9.63. The van der Waals surface area contributed by atoms with Crippen LogP contribution in [0.4, 0.5) is 4.39 Å². The van der Waals surface area contributed by atoms with Gasteiger partial charge in [-0.25, -0.2) is 4.39 Å². The summed E-state index contributed by atoms with van der Waals surface area (Å²) in [7, 11) is 0. The number of halogens is 2. The van der Waals surface area contributed by atoms with Crippen LogP contribution < -0.4 is 5.73 Å². The summed E-state index contributed by atoms with van der Waals surface area (Å²) in [6, 6.07) is 2.33. The predicted molar refractivity (Wildman–Crippen MR) is 69.3 cm³/mol. The van der Waals surface area contributed by atoms with Gasteiger partial charge in [0.1, 0.15) is 11.6 Å². The molecule has 1 saturated carbocycles. The van der Waals surface area contributed by atoms with Gasteiger partial charge in [-0.15, -0.1) is 0 Å². The van der Waals surface area contributed by atoms with E-state index in [-0.39, 0.29) is 17.6 Å². The van der Waals surface area contributed by atoms with E-state index in [9.17, 15) is 9.50 Å². The van der Waals surface area contributed by atoms with E-state index in [0.717, 1.165) is 12.8 Å². The fourth-order valence-electron chi connectivity index (χ4n) is 2.59. The monoisotopic (exact) mass is 301 g/mol. The molecule has 2 nitrogen and oxygen atoms in total. The Morgan fingerprint density at radius 3 is 2.59 bits per heavy atom. The standard InChI is InChI=1S/C13H17BrFNO/c14-11-7-9(15)6-10(13(11)17)12(16)8-4-2-1-3-5-8/h6-8,12,17H,1-5,16H2/t12-/m0/s1. The van der Waals surface area contributed by atoms with Crippen molar-refractivity contribution in [1.82, 2.24) is 0 Å². The summed E-state index contributed by atoms with van der Waals surface area (Å²) in [5.74, 6) is 0.0590. The minimum atomic E-state index is -0.365. The number of benzene rings is 1. The number of hydrogen-bond acceptors (Lipinski definition) is 2. The molecule has 0 amide bonds. The molecule has 2 rings (SSSR count). The normalized spacial score (nSPS) is 19.2. The maximum Gasteiger partial charge on any atom is 0.134 e. The zero-order valence-corrected chi connectivity index (χ0v) is 11.2. The summed E-state index contributed by atoms with van der Waals surface area (Å²) in [5.41, 5.74) is 6.68. The molecule has 1 aromatic carbocycles. The number of hydrogen-bond donors (Lipinski definition) is 2. The summed E-state index contributed by atoms with van der Waals surface area (Å²) in [4.78, 5) is 0. The Balaban J connectivity index is 2.26. The van der Waals surface area contributed by atoms with Crippen molar-refractivity contribution >= 4 is 15.9 Å². The molecule has 17 heavy (non-hydrogen) atoms. The van der Waals surface area contributed by atoms with Crippen LogP contribution in [0.2, 0.25) is 0 Å². The third kappa shape index (κ3) is 2.80. The molecule has 0 aromatic heterocycles. The summed E-state index contributed by atoms with van der Waals surface area (Å²) >= 11 is 3.14. The first kappa shape index (κ1) is 12.8. The highest BCUT2D eigenvalue weighted by molar-refractivity contribution is 9.10. The van der Waals surface area contributed by atoms with E-state index >= 15 is 0 Å². The van der Waals surface area contributed by atoms with Gasteiger partial charge in [-0.3, -0.25) is 0 Å². The molecule has 0 saturated heterocycles. The van der Waals surface area contributed by atoms with Crippen LogP contribution in [-0.4, -0.2) is 5.11 Å². The second-order valence-corrected chi connectivity index (χ2v) is 5.60. The maximum atomic E-state index is 13.3. The largest absolute Gasteiger partial charge is 0.506 e. The molecule has 1 aliphatic carbocycles. The van der Waals surface area contributed by atoms with Crippen LogP contribution in [0.3, 0.4) is 0 Å². The second kappa shape index (κ2) is 5.36. The maximum absolute atomic E-state index is 13.3. The molecule has 1 atom stereocenters. The van der Waals surface area contributed by atoms with E-state index in [1.54, 1.807) is 0 Å². The van der Waals surface area contributed by atoms with Crippen LogP contribution in [0.15, 0.2) is 16.6 Å². The molecule has 4 heteroatoms. The smallest absolute Gasteiger partial charge is 0.134 e. The lowest BCUT2D eigenvalue weighted by Crippen LogP contribution is -2.23. The van der Waals surface area contributed by atoms with Gasteiger partial charge in [0.05, 0.1) is 4.47 Å². The third-order valence-electron chi connectivity index (χ3n) is 3.57. The molecule has 0 aliphatic heterocycles. The Hall–Kier alpha value is -0.610. The third-order valence-corrected chi connectivity index (χ3v) is 4.18. The van der Waals surface area contributed by atoms with Gasteiger partial charge in [0, 0.05) is 11.6 Å². The topological polar surface area (TPSA) is 46.2 Å². The lowest BCUT2D eigenvalue weighted by atomic mass is 9.81. The molecule has 0 radical (unpaired) electrons. The summed E-state index contributed by atoms with van der Waals surface area (Å²) in [6.07, 6.45) is 5.73. The summed E-state index contributed by atoms with van der Waals surface area (Å²) in [5, 5.41) is 9.93. The molecule has 0 heterocycles. The van der Waals surface area contributed by atoms with E-state index in [1.165, 1.54) is 31.4 Å². The van der Waals surface area contributed by atoms with Gasteiger partial charge in [0.2, 0.25) is 0 Å². The minimum absolute atomic E-state index is 0.0736. The van der Waals surface area contributed by atoms with Crippen LogP contribution in [0, 0.1) is 11.7 Å². The van der Waals surface area contributed by atoms with Gasteiger partial charge in [0.25, 0.3) is 0 Å². The molecule has 1 aliphatic rings. The highest BCUT2D eigenvalue weighted by Gasteiger charge is 2.25. The van der Waals surface area contributed by atoms with Gasteiger partial charge < -0.3 is 10.8 Å².